The number of hydrogen-bond donors (Lipinski definition) is 2. The first-order valence-electron chi connectivity index (χ1n) is 6.85. The lowest BCUT2D eigenvalue weighted by molar-refractivity contribution is -0.139. The normalized spacial score (nSPS) is 20.9. The number of aliphatic carboxylic acids is 1. The Balaban J connectivity index is 2.48. The van der Waals surface area contributed by atoms with Crippen molar-refractivity contribution in [2.75, 3.05) is 25.1 Å². The molecule has 1 rings (SSSR count). The maximum absolute atomic E-state index is 12.1. The molecule has 0 spiro atoms. The Kier molecular flexibility index (Phi) is 7.05. The molecule has 0 aromatic carbocycles. The fourth-order valence-electron chi connectivity index (χ4n) is 2.32. The van der Waals surface area contributed by atoms with E-state index in [-0.39, 0.29) is 6.03 Å². The van der Waals surface area contributed by atoms with E-state index in [1.165, 1.54) is 0 Å². The van der Waals surface area contributed by atoms with Crippen molar-refractivity contribution in [2.45, 2.75) is 38.6 Å². The monoisotopic (exact) mass is 288 g/mol. The van der Waals surface area contributed by atoms with Crippen molar-refractivity contribution >= 4 is 23.8 Å². The van der Waals surface area contributed by atoms with Crippen LogP contribution in [-0.4, -0.2) is 53.1 Å². The number of carboxylic acid groups (broad SMARTS) is 1. The van der Waals surface area contributed by atoms with Crippen molar-refractivity contribution in [3.05, 3.63) is 0 Å². The van der Waals surface area contributed by atoms with Gasteiger partial charge < -0.3 is 15.3 Å². The van der Waals surface area contributed by atoms with Crippen LogP contribution in [0.15, 0.2) is 0 Å². The summed E-state index contributed by atoms with van der Waals surface area (Å²) in [5.74, 6) is 0.329. The third-order valence-electron chi connectivity index (χ3n) is 3.59. The Morgan fingerprint density at radius 1 is 1.53 bits per heavy atom. The Labute approximate surface area is 119 Å². The summed E-state index contributed by atoms with van der Waals surface area (Å²) in [7, 11) is 0. The van der Waals surface area contributed by atoms with Crippen LogP contribution >= 0.6 is 11.8 Å². The van der Waals surface area contributed by atoms with Gasteiger partial charge in [-0.2, -0.15) is 11.8 Å². The predicted molar refractivity (Wildman–Crippen MR) is 77.5 cm³/mol. The van der Waals surface area contributed by atoms with E-state index in [4.69, 9.17) is 5.11 Å². The zero-order valence-electron chi connectivity index (χ0n) is 11.7. The number of amides is 2. The number of hydrogen-bond acceptors (Lipinski definition) is 3. The second-order valence-corrected chi connectivity index (χ2v) is 5.97. The van der Waals surface area contributed by atoms with Gasteiger partial charge in [0.05, 0.1) is 0 Å². The highest BCUT2D eigenvalue weighted by molar-refractivity contribution is 7.98. The number of nitrogens with zero attached hydrogens (tertiary/aromatic N) is 1. The maximum Gasteiger partial charge on any atom is 0.326 e. The van der Waals surface area contributed by atoms with Crippen molar-refractivity contribution in [1.29, 1.82) is 0 Å². The molecule has 19 heavy (non-hydrogen) atoms. The van der Waals surface area contributed by atoms with Crippen molar-refractivity contribution in [1.82, 2.24) is 10.2 Å². The number of carboxylic acids is 1. The minimum atomic E-state index is -0.952. The van der Waals surface area contributed by atoms with Gasteiger partial charge in [-0.05, 0) is 37.2 Å². The van der Waals surface area contributed by atoms with E-state index < -0.39 is 12.0 Å². The molecule has 1 fully saturated rings. The molecule has 5 nitrogen and oxygen atoms in total. The van der Waals surface area contributed by atoms with Crippen LogP contribution in [0.2, 0.25) is 0 Å². The quantitative estimate of drug-likeness (QED) is 0.784. The number of likely N-dealkylation sites (tertiary alicyclic amines) is 1. The number of thioether (sulfide) groups is 1. The third-order valence-corrected chi connectivity index (χ3v) is 4.23. The predicted octanol–water partition coefficient (Wildman–Crippen LogP) is 2.02. The average Bonchev–Trinajstić information content (AvgIpc) is 2.42. The lowest BCUT2D eigenvalue weighted by Gasteiger charge is -2.33. The van der Waals surface area contributed by atoms with Crippen LogP contribution in [0.1, 0.15) is 32.6 Å². The molecule has 6 heteroatoms. The largest absolute Gasteiger partial charge is 0.480 e. The highest BCUT2D eigenvalue weighted by Gasteiger charge is 2.26. The van der Waals surface area contributed by atoms with E-state index in [1.54, 1.807) is 16.7 Å². The Morgan fingerprint density at radius 2 is 2.26 bits per heavy atom. The smallest absolute Gasteiger partial charge is 0.326 e. The standard InChI is InChI=1S/C13H24N2O3S/c1-3-10-5-4-7-15(9-10)13(18)14-11(12(16)17)6-8-19-2/h10-11H,3-9H2,1-2H3,(H,14,18)(H,16,17)/t10?,11-/m1/s1. The van der Waals surface area contributed by atoms with Gasteiger partial charge in [-0.1, -0.05) is 13.3 Å². The van der Waals surface area contributed by atoms with Crippen molar-refractivity contribution in [3.8, 4) is 0 Å². The Hall–Kier alpha value is -0.910. The molecule has 1 aliphatic heterocycles. The first kappa shape index (κ1) is 16.1. The molecule has 110 valence electrons. The summed E-state index contributed by atoms with van der Waals surface area (Å²) < 4.78 is 0. The lowest BCUT2D eigenvalue weighted by atomic mass is 9.96. The number of piperidine rings is 1. The van der Waals surface area contributed by atoms with Crippen molar-refractivity contribution in [2.24, 2.45) is 5.92 Å². The van der Waals surface area contributed by atoms with Gasteiger partial charge in [0.15, 0.2) is 0 Å². The molecule has 1 unspecified atom stereocenters. The molecule has 2 N–H and O–H groups in total. The molecular formula is C13H24N2O3S. The van der Waals surface area contributed by atoms with E-state index >= 15 is 0 Å². The van der Waals surface area contributed by atoms with Gasteiger partial charge >= 0.3 is 12.0 Å². The molecule has 1 saturated heterocycles. The number of carbonyl (C=O) groups is 2. The second kappa shape index (κ2) is 8.30. The molecule has 1 aliphatic rings. The highest BCUT2D eigenvalue weighted by Crippen LogP contribution is 2.19. The van der Waals surface area contributed by atoms with E-state index in [9.17, 15) is 9.59 Å². The molecule has 0 bridgehead atoms. The van der Waals surface area contributed by atoms with Crippen LogP contribution < -0.4 is 5.32 Å². The van der Waals surface area contributed by atoms with Gasteiger partial charge in [-0.15, -0.1) is 0 Å². The first-order valence-corrected chi connectivity index (χ1v) is 8.25. The molecule has 0 radical (unpaired) electrons. The van der Waals surface area contributed by atoms with Gasteiger partial charge in [0.25, 0.3) is 0 Å². The summed E-state index contributed by atoms with van der Waals surface area (Å²) in [4.78, 5) is 24.9. The zero-order chi connectivity index (χ0) is 14.3. The fourth-order valence-corrected chi connectivity index (χ4v) is 2.79. The third kappa shape index (κ3) is 5.30. The van der Waals surface area contributed by atoms with Crippen LogP contribution in [0, 0.1) is 5.92 Å². The minimum Gasteiger partial charge on any atom is -0.480 e. The SMILES string of the molecule is CCC1CCCN(C(=O)N[C@H](CCSC)C(=O)O)C1. The van der Waals surface area contributed by atoms with Crippen molar-refractivity contribution in [3.63, 3.8) is 0 Å². The van der Waals surface area contributed by atoms with Gasteiger partial charge in [0.2, 0.25) is 0 Å². The molecule has 2 amide bonds. The van der Waals surface area contributed by atoms with Crippen LogP contribution in [0.25, 0.3) is 0 Å². The Bertz CT molecular complexity index is 312. The van der Waals surface area contributed by atoms with Crippen LogP contribution in [-0.2, 0) is 4.79 Å². The van der Waals surface area contributed by atoms with Crippen LogP contribution in [0.5, 0.6) is 0 Å². The van der Waals surface area contributed by atoms with Crippen LogP contribution in [0.3, 0.4) is 0 Å². The number of rotatable bonds is 6. The number of urea groups is 1. The van der Waals surface area contributed by atoms with Gasteiger partial charge in [-0.3, -0.25) is 0 Å². The Morgan fingerprint density at radius 3 is 2.84 bits per heavy atom. The maximum atomic E-state index is 12.1. The average molecular weight is 288 g/mol. The van der Waals surface area contributed by atoms with E-state index in [0.29, 0.717) is 12.3 Å². The highest BCUT2D eigenvalue weighted by atomic mass is 32.2. The summed E-state index contributed by atoms with van der Waals surface area (Å²) in [6.07, 6.45) is 5.63. The molecular weight excluding hydrogens is 264 g/mol. The summed E-state index contributed by atoms with van der Waals surface area (Å²) in [6.45, 7) is 3.61. The minimum absolute atomic E-state index is 0.230. The second-order valence-electron chi connectivity index (χ2n) is 4.98. The van der Waals surface area contributed by atoms with Gasteiger partial charge in [0.1, 0.15) is 6.04 Å². The summed E-state index contributed by atoms with van der Waals surface area (Å²) in [5.41, 5.74) is 0. The first-order chi connectivity index (χ1) is 9.08. The fraction of sp³-hybridized carbons (Fsp3) is 0.846. The summed E-state index contributed by atoms with van der Waals surface area (Å²) in [5, 5.41) is 11.7. The number of nitrogens with one attached hydrogen (secondary N) is 1. The topological polar surface area (TPSA) is 69.6 Å². The van der Waals surface area contributed by atoms with E-state index in [2.05, 4.69) is 12.2 Å². The van der Waals surface area contributed by atoms with Crippen molar-refractivity contribution < 1.29 is 14.7 Å². The molecule has 0 aromatic rings. The lowest BCUT2D eigenvalue weighted by Crippen LogP contribution is -2.50. The van der Waals surface area contributed by atoms with E-state index in [1.807, 2.05) is 6.26 Å². The molecule has 0 aliphatic carbocycles. The molecule has 0 saturated carbocycles. The summed E-state index contributed by atoms with van der Waals surface area (Å²) in [6, 6.07) is -1.01. The molecule has 0 aromatic heterocycles. The van der Waals surface area contributed by atoms with Gasteiger partial charge in [-0.25, -0.2) is 9.59 Å². The number of carbonyl (C=O) groups excluding carboxylic acids is 1. The van der Waals surface area contributed by atoms with E-state index in [0.717, 1.165) is 38.1 Å². The summed E-state index contributed by atoms with van der Waals surface area (Å²) >= 11 is 1.59. The van der Waals surface area contributed by atoms with Crippen LogP contribution in [0.4, 0.5) is 4.79 Å². The van der Waals surface area contributed by atoms with Gasteiger partial charge in [0, 0.05) is 13.1 Å². The molecule has 2 atom stereocenters. The molecule has 1 heterocycles. The zero-order valence-corrected chi connectivity index (χ0v) is 12.5.